The summed E-state index contributed by atoms with van der Waals surface area (Å²) in [7, 11) is 0. The molecular weight excluding hydrogens is 280 g/mol. The molecule has 0 heterocycles. The van der Waals surface area contributed by atoms with E-state index in [1.165, 1.54) is 12.1 Å². The van der Waals surface area contributed by atoms with E-state index in [0.29, 0.717) is 17.5 Å². The van der Waals surface area contributed by atoms with Gasteiger partial charge in [0.05, 0.1) is 6.10 Å². The molecule has 2 amide bonds. The quantitative estimate of drug-likeness (QED) is 0.784. The highest BCUT2D eigenvalue weighted by atomic mass is 16.3. The fourth-order valence-electron chi connectivity index (χ4n) is 3.15. The number of carbonyl (C=O) groups is 2. The van der Waals surface area contributed by atoms with Gasteiger partial charge in [-0.3, -0.25) is 9.59 Å². The molecule has 0 spiro atoms. The minimum absolute atomic E-state index is 0.289. The number of rotatable bonds is 3. The van der Waals surface area contributed by atoms with E-state index in [1.807, 2.05) is 24.3 Å². The van der Waals surface area contributed by atoms with Crippen LogP contribution in [0.15, 0.2) is 42.5 Å². The first-order valence-electron chi connectivity index (χ1n) is 6.98. The number of aliphatic hydroxyl groups excluding tert-OH is 1. The highest BCUT2D eigenvalue weighted by molar-refractivity contribution is 5.98. The minimum atomic E-state index is -0.668. The second-order valence-electron chi connectivity index (χ2n) is 5.48. The van der Waals surface area contributed by atoms with Crippen molar-refractivity contribution in [3.63, 3.8) is 0 Å². The summed E-state index contributed by atoms with van der Waals surface area (Å²) >= 11 is 0. The lowest BCUT2D eigenvalue weighted by molar-refractivity contribution is 0.0985. The minimum Gasteiger partial charge on any atom is -0.392 e. The number of hydrogen-bond donors (Lipinski definition) is 3. The summed E-state index contributed by atoms with van der Waals surface area (Å²) in [5, 5.41) is 10.4. The second-order valence-corrected chi connectivity index (χ2v) is 5.48. The van der Waals surface area contributed by atoms with Crippen molar-refractivity contribution in [1.29, 1.82) is 0 Å². The van der Waals surface area contributed by atoms with E-state index in [4.69, 9.17) is 11.5 Å². The molecule has 112 valence electrons. The number of nitrogens with two attached hydrogens (primary N) is 2. The van der Waals surface area contributed by atoms with Crippen molar-refractivity contribution >= 4 is 11.8 Å². The summed E-state index contributed by atoms with van der Waals surface area (Å²) < 4.78 is 0. The van der Waals surface area contributed by atoms with Crippen molar-refractivity contribution in [2.45, 2.75) is 18.4 Å². The third-order valence-corrected chi connectivity index (χ3v) is 4.14. The number of hydrogen-bond acceptors (Lipinski definition) is 3. The normalized spacial score (nSPS) is 19.7. The van der Waals surface area contributed by atoms with Crippen LogP contribution in [-0.2, 0) is 6.42 Å². The highest BCUT2D eigenvalue weighted by Gasteiger charge is 2.34. The van der Waals surface area contributed by atoms with Crippen molar-refractivity contribution in [3.05, 3.63) is 70.3 Å². The molecule has 2 atom stereocenters. The predicted octanol–water partition coefficient (Wildman–Crippen LogP) is 0.933. The molecular formula is C17H16N2O3. The Balaban J connectivity index is 2.20. The molecule has 2 aromatic rings. The molecule has 1 aliphatic rings. The summed E-state index contributed by atoms with van der Waals surface area (Å²) in [5.74, 6) is -1.57. The van der Waals surface area contributed by atoms with Crippen LogP contribution >= 0.6 is 0 Å². The Labute approximate surface area is 127 Å². The largest absolute Gasteiger partial charge is 0.392 e. The van der Waals surface area contributed by atoms with Gasteiger partial charge < -0.3 is 16.6 Å². The number of fused-ring (bicyclic) bond motifs is 1. The van der Waals surface area contributed by atoms with E-state index in [1.54, 1.807) is 6.07 Å². The topological polar surface area (TPSA) is 106 Å². The van der Waals surface area contributed by atoms with Gasteiger partial charge in [-0.25, -0.2) is 0 Å². The molecule has 0 fully saturated rings. The molecule has 2 aromatic carbocycles. The van der Waals surface area contributed by atoms with E-state index in [2.05, 4.69) is 0 Å². The Morgan fingerprint density at radius 3 is 2.41 bits per heavy atom. The van der Waals surface area contributed by atoms with Crippen LogP contribution in [0.1, 0.15) is 43.3 Å². The van der Waals surface area contributed by atoms with Gasteiger partial charge >= 0.3 is 0 Å². The number of benzene rings is 2. The van der Waals surface area contributed by atoms with Crippen molar-refractivity contribution in [1.82, 2.24) is 0 Å². The molecule has 5 N–H and O–H groups in total. The summed E-state index contributed by atoms with van der Waals surface area (Å²) in [6, 6.07) is 12.2. The van der Waals surface area contributed by atoms with Gasteiger partial charge in [-0.1, -0.05) is 24.3 Å². The maximum atomic E-state index is 11.7. The maximum absolute atomic E-state index is 11.7. The number of primary amides is 2. The molecule has 0 unspecified atom stereocenters. The number of carbonyl (C=O) groups excluding carboxylic acids is 2. The standard InChI is InChI=1S/C17H16N2O3/c18-16(21)10-5-6-12(17(19)22)13(7-10)15-11-4-2-1-3-9(11)8-14(15)20/h1-7,14-15,20H,8H2,(H2,18,21)(H2,19,22)/t14-,15+/m1/s1. The molecule has 0 saturated heterocycles. The van der Waals surface area contributed by atoms with Gasteiger partial charge in [0.1, 0.15) is 0 Å². The summed E-state index contributed by atoms with van der Waals surface area (Å²) in [6.45, 7) is 0. The van der Waals surface area contributed by atoms with Crippen LogP contribution < -0.4 is 11.5 Å². The van der Waals surface area contributed by atoms with Crippen LogP contribution in [0, 0.1) is 0 Å². The molecule has 3 rings (SSSR count). The van der Waals surface area contributed by atoms with E-state index in [0.717, 1.165) is 11.1 Å². The van der Waals surface area contributed by atoms with Gasteiger partial charge in [-0.15, -0.1) is 0 Å². The molecule has 0 aromatic heterocycles. The van der Waals surface area contributed by atoms with Gasteiger partial charge in [0, 0.05) is 17.0 Å². The molecule has 5 nitrogen and oxygen atoms in total. The monoisotopic (exact) mass is 296 g/mol. The van der Waals surface area contributed by atoms with Crippen molar-refractivity contribution in [3.8, 4) is 0 Å². The zero-order valence-corrected chi connectivity index (χ0v) is 11.8. The van der Waals surface area contributed by atoms with Crippen LogP contribution in [0.3, 0.4) is 0 Å². The molecule has 0 saturated carbocycles. The SMILES string of the molecule is NC(=O)c1ccc(C(N)=O)c([C@@H]2c3ccccc3C[C@H]2O)c1. The van der Waals surface area contributed by atoms with Crippen LogP contribution in [0.5, 0.6) is 0 Å². The van der Waals surface area contributed by atoms with Crippen molar-refractivity contribution in [2.24, 2.45) is 11.5 Å². The number of aliphatic hydroxyl groups is 1. The van der Waals surface area contributed by atoms with Crippen LogP contribution in [-0.4, -0.2) is 23.0 Å². The lowest BCUT2D eigenvalue weighted by Gasteiger charge is -2.19. The van der Waals surface area contributed by atoms with Crippen LogP contribution in [0.2, 0.25) is 0 Å². The zero-order valence-electron chi connectivity index (χ0n) is 11.8. The van der Waals surface area contributed by atoms with E-state index < -0.39 is 23.8 Å². The van der Waals surface area contributed by atoms with Crippen LogP contribution in [0.4, 0.5) is 0 Å². The van der Waals surface area contributed by atoms with Gasteiger partial charge in [0.15, 0.2) is 0 Å². The van der Waals surface area contributed by atoms with Gasteiger partial charge in [0.25, 0.3) is 0 Å². The van der Waals surface area contributed by atoms with E-state index in [9.17, 15) is 14.7 Å². The molecule has 0 aliphatic heterocycles. The van der Waals surface area contributed by atoms with E-state index >= 15 is 0 Å². The number of amides is 2. The Kier molecular flexibility index (Phi) is 3.42. The summed E-state index contributed by atoms with van der Waals surface area (Å²) in [6.07, 6.45) is -0.168. The Bertz CT molecular complexity index is 770. The third kappa shape index (κ3) is 2.25. The summed E-state index contributed by atoms with van der Waals surface area (Å²) in [5.41, 5.74) is 13.9. The predicted molar refractivity (Wildman–Crippen MR) is 81.5 cm³/mol. The highest BCUT2D eigenvalue weighted by Crippen LogP contribution is 2.39. The average Bonchev–Trinajstić information content (AvgIpc) is 2.82. The lowest BCUT2D eigenvalue weighted by Crippen LogP contribution is -2.22. The molecule has 5 heteroatoms. The molecule has 0 bridgehead atoms. The van der Waals surface area contributed by atoms with Crippen LogP contribution in [0.25, 0.3) is 0 Å². The summed E-state index contributed by atoms with van der Waals surface area (Å²) in [4.78, 5) is 23.1. The van der Waals surface area contributed by atoms with E-state index in [-0.39, 0.29) is 5.56 Å². The fourth-order valence-corrected chi connectivity index (χ4v) is 3.15. The first kappa shape index (κ1) is 14.3. The second kappa shape index (κ2) is 5.27. The van der Waals surface area contributed by atoms with Gasteiger partial charge in [-0.2, -0.15) is 0 Å². The fraction of sp³-hybridized carbons (Fsp3) is 0.176. The van der Waals surface area contributed by atoms with Gasteiger partial charge in [0.2, 0.25) is 11.8 Å². The third-order valence-electron chi connectivity index (χ3n) is 4.14. The molecule has 0 radical (unpaired) electrons. The maximum Gasteiger partial charge on any atom is 0.249 e. The smallest absolute Gasteiger partial charge is 0.249 e. The van der Waals surface area contributed by atoms with Crippen molar-refractivity contribution in [2.75, 3.05) is 0 Å². The first-order valence-corrected chi connectivity index (χ1v) is 6.98. The molecule has 1 aliphatic carbocycles. The lowest BCUT2D eigenvalue weighted by atomic mass is 9.86. The Morgan fingerprint density at radius 1 is 1.00 bits per heavy atom. The zero-order chi connectivity index (χ0) is 15.9. The Morgan fingerprint density at radius 2 is 1.73 bits per heavy atom. The average molecular weight is 296 g/mol. The Hall–Kier alpha value is -2.66. The van der Waals surface area contributed by atoms with Gasteiger partial charge in [-0.05, 0) is 41.3 Å². The van der Waals surface area contributed by atoms with Crippen molar-refractivity contribution < 1.29 is 14.7 Å². The molecule has 22 heavy (non-hydrogen) atoms. The first-order chi connectivity index (χ1) is 10.5.